The maximum absolute atomic E-state index is 12.5. The van der Waals surface area contributed by atoms with Crippen LogP contribution in [0.4, 0.5) is 5.69 Å². The van der Waals surface area contributed by atoms with Crippen LogP contribution in [0.25, 0.3) is 21.8 Å². The number of nitrogens with one attached hydrogen (secondary N) is 2. The summed E-state index contributed by atoms with van der Waals surface area (Å²) in [5.41, 5.74) is 2.65. The van der Waals surface area contributed by atoms with E-state index in [2.05, 4.69) is 20.5 Å². The summed E-state index contributed by atoms with van der Waals surface area (Å²) < 4.78 is 0. The van der Waals surface area contributed by atoms with Crippen molar-refractivity contribution in [3.63, 3.8) is 0 Å². The van der Waals surface area contributed by atoms with E-state index >= 15 is 0 Å². The van der Waals surface area contributed by atoms with Gasteiger partial charge in [-0.15, -0.1) is 0 Å². The molecule has 0 aliphatic rings. The van der Waals surface area contributed by atoms with Crippen LogP contribution in [-0.4, -0.2) is 21.1 Å². The number of aromatic nitrogens is 3. The van der Waals surface area contributed by atoms with Crippen LogP contribution in [0.5, 0.6) is 0 Å². The van der Waals surface area contributed by atoms with Gasteiger partial charge in [0.25, 0.3) is 5.91 Å². The molecule has 2 N–H and O–H groups in total. The monoisotopic (exact) mass is 288 g/mol. The predicted octanol–water partition coefficient (Wildman–Crippen LogP) is 3.36. The summed E-state index contributed by atoms with van der Waals surface area (Å²) >= 11 is 0. The second-order valence-electron chi connectivity index (χ2n) is 4.95. The van der Waals surface area contributed by atoms with Gasteiger partial charge >= 0.3 is 0 Å². The molecule has 5 heteroatoms. The Morgan fingerprint density at radius 2 is 1.86 bits per heavy atom. The Hall–Kier alpha value is -3.21. The smallest absolute Gasteiger partial charge is 0.276 e. The molecule has 0 aliphatic heterocycles. The molecular formula is C17H12N4O. The average molecular weight is 288 g/mol. The van der Waals surface area contributed by atoms with Gasteiger partial charge < -0.3 is 5.32 Å². The van der Waals surface area contributed by atoms with Crippen molar-refractivity contribution in [2.75, 3.05) is 5.32 Å². The molecule has 0 atom stereocenters. The summed E-state index contributed by atoms with van der Waals surface area (Å²) in [5, 5.41) is 11.7. The number of nitrogens with zero attached hydrogens (tertiary/aromatic N) is 2. The molecule has 0 aliphatic carbocycles. The number of hydrogen-bond acceptors (Lipinski definition) is 3. The molecule has 0 bridgehead atoms. The van der Waals surface area contributed by atoms with Crippen LogP contribution in [0.3, 0.4) is 0 Å². The first-order valence-corrected chi connectivity index (χ1v) is 6.91. The van der Waals surface area contributed by atoms with Gasteiger partial charge in [-0.05, 0) is 18.2 Å². The fraction of sp³-hybridized carbons (Fsp3) is 0. The van der Waals surface area contributed by atoms with E-state index in [4.69, 9.17) is 0 Å². The summed E-state index contributed by atoms with van der Waals surface area (Å²) in [7, 11) is 0. The average Bonchev–Trinajstić information content (AvgIpc) is 2.99. The first-order valence-electron chi connectivity index (χ1n) is 6.91. The van der Waals surface area contributed by atoms with E-state index < -0.39 is 0 Å². The van der Waals surface area contributed by atoms with Gasteiger partial charge in [-0.3, -0.25) is 14.9 Å². The number of amides is 1. The largest absolute Gasteiger partial charge is 0.319 e. The van der Waals surface area contributed by atoms with E-state index in [-0.39, 0.29) is 5.91 Å². The van der Waals surface area contributed by atoms with Crippen molar-refractivity contribution >= 4 is 33.4 Å². The number of rotatable bonds is 2. The van der Waals surface area contributed by atoms with E-state index in [0.717, 1.165) is 21.8 Å². The molecule has 5 nitrogen and oxygen atoms in total. The van der Waals surface area contributed by atoms with Crippen molar-refractivity contribution in [3.8, 4) is 0 Å². The highest BCUT2D eigenvalue weighted by atomic mass is 16.1. The summed E-state index contributed by atoms with van der Waals surface area (Å²) in [6.07, 6.45) is 1.71. The van der Waals surface area contributed by atoms with Crippen molar-refractivity contribution in [1.29, 1.82) is 0 Å². The second kappa shape index (κ2) is 4.96. The molecule has 0 saturated carbocycles. The van der Waals surface area contributed by atoms with E-state index in [0.29, 0.717) is 11.4 Å². The Morgan fingerprint density at radius 1 is 1.00 bits per heavy atom. The first-order chi connectivity index (χ1) is 10.8. The van der Waals surface area contributed by atoms with Crippen molar-refractivity contribution in [2.45, 2.75) is 0 Å². The highest BCUT2D eigenvalue weighted by Crippen LogP contribution is 2.22. The van der Waals surface area contributed by atoms with E-state index in [1.54, 1.807) is 6.20 Å². The van der Waals surface area contributed by atoms with Crippen LogP contribution in [0.1, 0.15) is 10.5 Å². The number of fused-ring (bicyclic) bond motifs is 2. The summed E-state index contributed by atoms with van der Waals surface area (Å²) in [4.78, 5) is 16.8. The fourth-order valence-electron chi connectivity index (χ4n) is 2.52. The van der Waals surface area contributed by atoms with Gasteiger partial charge in [-0.1, -0.05) is 36.4 Å². The maximum Gasteiger partial charge on any atom is 0.276 e. The lowest BCUT2D eigenvalue weighted by Crippen LogP contribution is -2.13. The number of anilines is 1. The first kappa shape index (κ1) is 12.5. The van der Waals surface area contributed by atoms with Gasteiger partial charge in [0, 0.05) is 17.0 Å². The molecular weight excluding hydrogens is 276 g/mol. The molecule has 4 rings (SSSR count). The number of aromatic amines is 1. The number of H-pyrrole nitrogens is 1. The van der Waals surface area contributed by atoms with Gasteiger partial charge in [0.2, 0.25) is 0 Å². The Kier molecular flexibility index (Phi) is 2.83. The van der Waals surface area contributed by atoms with Crippen LogP contribution in [0.15, 0.2) is 60.8 Å². The van der Waals surface area contributed by atoms with Gasteiger partial charge in [-0.25, -0.2) is 0 Å². The SMILES string of the molecule is O=C(Nc1cccc2cccnc12)c1n[nH]c2ccccc12. The molecule has 0 radical (unpaired) electrons. The van der Waals surface area contributed by atoms with Gasteiger partial charge in [0.1, 0.15) is 0 Å². The molecule has 2 aromatic carbocycles. The van der Waals surface area contributed by atoms with Gasteiger partial charge in [0.05, 0.1) is 16.7 Å². The molecule has 22 heavy (non-hydrogen) atoms. The van der Waals surface area contributed by atoms with Crippen LogP contribution in [0.2, 0.25) is 0 Å². The standard InChI is InChI=1S/C17H12N4O/c22-17(16-12-7-1-2-8-13(12)20-21-16)19-14-9-3-5-11-6-4-10-18-15(11)14/h1-10H,(H,19,22)(H,20,21). The Labute approximate surface area is 126 Å². The molecule has 0 unspecified atom stereocenters. The zero-order valence-electron chi connectivity index (χ0n) is 11.6. The van der Waals surface area contributed by atoms with E-state index in [1.165, 1.54) is 0 Å². The third-order valence-corrected chi connectivity index (χ3v) is 3.57. The van der Waals surface area contributed by atoms with Gasteiger partial charge in [-0.2, -0.15) is 5.10 Å². The Morgan fingerprint density at radius 3 is 2.82 bits per heavy atom. The maximum atomic E-state index is 12.5. The van der Waals surface area contributed by atoms with Crippen LogP contribution < -0.4 is 5.32 Å². The number of carbonyl (C=O) groups is 1. The molecule has 106 valence electrons. The quantitative estimate of drug-likeness (QED) is 0.594. The highest BCUT2D eigenvalue weighted by molar-refractivity contribution is 6.13. The lowest BCUT2D eigenvalue weighted by molar-refractivity contribution is 0.102. The van der Waals surface area contributed by atoms with E-state index in [9.17, 15) is 4.79 Å². The number of carbonyl (C=O) groups excluding carboxylic acids is 1. The zero-order chi connectivity index (χ0) is 14.9. The minimum Gasteiger partial charge on any atom is -0.319 e. The topological polar surface area (TPSA) is 70.7 Å². The molecule has 1 amide bonds. The second-order valence-corrected chi connectivity index (χ2v) is 4.95. The van der Waals surface area contributed by atoms with Crippen LogP contribution in [0, 0.1) is 0 Å². The highest BCUT2D eigenvalue weighted by Gasteiger charge is 2.15. The van der Waals surface area contributed by atoms with Gasteiger partial charge in [0.15, 0.2) is 5.69 Å². The number of pyridine rings is 1. The predicted molar refractivity (Wildman–Crippen MR) is 85.8 cm³/mol. The Bertz CT molecular complexity index is 985. The summed E-state index contributed by atoms with van der Waals surface area (Å²) in [6.45, 7) is 0. The number of para-hydroxylation sites is 2. The summed E-state index contributed by atoms with van der Waals surface area (Å²) in [5.74, 6) is -0.254. The zero-order valence-corrected chi connectivity index (χ0v) is 11.6. The normalized spacial score (nSPS) is 10.9. The summed E-state index contributed by atoms with van der Waals surface area (Å²) in [6, 6.07) is 17.1. The minimum atomic E-state index is -0.254. The number of hydrogen-bond donors (Lipinski definition) is 2. The Balaban J connectivity index is 1.75. The minimum absolute atomic E-state index is 0.254. The molecule has 2 aromatic heterocycles. The third kappa shape index (κ3) is 2.00. The fourth-order valence-corrected chi connectivity index (χ4v) is 2.52. The number of benzene rings is 2. The van der Waals surface area contributed by atoms with Crippen molar-refractivity contribution < 1.29 is 4.79 Å². The molecule has 2 heterocycles. The van der Waals surface area contributed by atoms with Crippen LogP contribution >= 0.6 is 0 Å². The van der Waals surface area contributed by atoms with Crippen molar-refractivity contribution in [1.82, 2.24) is 15.2 Å². The third-order valence-electron chi connectivity index (χ3n) is 3.57. The lowest BCUT2D eigenvalue weighted by Gasteiger charge is -2.06. The molecule has 0 saturated heterocycles. The molecule has 0 fully saturated rings. The van der Waals surface area contributed by atoms with E-state index in [1.807, 2.05) is 54.6 Å². The lowest BCUT2D eigenvalue weighted by atomic mass is 10.1. The van der Waals surface area contributed by atoms with Crippen molar-refractivity contribution in [2.24, 2.45) is 0 Å². The molecule has 0 spiro atoms. The van der Waals surface area contributed by atoms with Crippen LogP contribution in [-0.2, 0) is 0 Å². The molecule has 4 aromatic rings. The van der Waals surface area contributed by atoms with Crippen molar-refractivity contribution in [3.05, 3.63) is 66.5 Å².